The van der Waals surface area contributed by atoms with Gasteiger partial charge in [0, 0.05) is 0 Å². The Morgan fingerprint density at radius 3 is 2.48 bits per heavy atom. The number of benzene rings is 2. The first kappa shape index (κ1) is 13.6. The summed E-state index contributed by atoms with van der Waals surface area (Å²) in [6.45, 7) is 0. The number of nitrogens with one attached hydrogen (secondary N) is 1. The van der Waals surface area contributed by atoms with Crippen LogP contribution in [0.4, 0.5) is 10.1 Å². The standard InChI is InChI=1S/C16H11FN2OS/c17-12-8-6-11(7-9-12)10-14-15(20)19-16(21-14)18-13-4-2-1-3-5-13/h1-10H,(H,18,19,20)/b14-10-. The number of carbonyl (C=O) groups is 1. The van der Waals surface area contributed by atoms with Crippen LogP contribution in [0.15, 0.2) is 64.5 Å². The van der Waals surface area contributed by atoms with E-state index in [0.29, 0.717) is 10.1 Å². The van der Waals surface area contributed by atoms with Crippen LogP contribution in [0.25, 0.3) is 6.08 Å². The SMILES string of the molecule is O=C1NC(=Nc2ccccc2)S/C1=C\c1ccc(F)cc1. The van der Waals surface area contributed by atoms with E-state index in [1.807, 2.05) is 30.3 Å². The van der Waals surface area contributed by atoms with Crippen molar-refractivity contribution < 1.29 is 9.18 Å². The number of rotatable bonds is 2. The molecular weight excluding hydrogens is 287 g/mol. The number of aliphatic imine (C=N–C) groups is 1. The van der Waals surface area contributed by atoms with Crippen LogP contribution >= 0.6 is 11.8 Å². The Morgan fingerprint density at radius 1 is 1.05 bits per heavy atom. The van der Waals surface area contributed by atoms with Crippen molar-refractivity contribution in [2.24, 2.45) is 4.99 Å². The lowest BCUT2D eigenvalue weighted by atomic mass is 10.2. The minimum Gasteiger partial charge on any atom is -0.300 e. The second kappa shape index (κ2) is 5.93. The van der Waals surface area contributed by atoms with E-state index in [2.05, 4.69) is 10.3 Å². The summed E-state index contributed by atoms with van der Waals surface area (Å²) in [7, 11) is 0. The molecule has 0 spiro atoms. The number of nitrogens with zero attached hydrogens (tertiary/aromatic N) is 1. The Kier molecular flexibility index (Phi) is 3.83. The van der Waals surface area contributed by atoms with Gasteiger partial charge >= 0.3 is 0 Å². The average molecular weight is 298 g/mol. The highest BCUT2D eigenvalue weighted by Gasteiger charge is 2.23. The first-order chi connectivity index (χ1) is 10.2. The van der Waals surface area contributed by atoms with Crippen molar-refractivity contribution in [1.29, 1.82) is 0 Å². The maximum Gasteiger partial charge on any atom is 0.264 e. The van der Waals surface area contributed by atoms with E-state index in [9.17, 15) is 9.18 Å². The van der Waals surface area contributed by atoms with E-state index in [-0.39, 0.29) is 11.7 Å². The lowest BCUT2D eigenvalue weighted by Gasteiger charge is -1.95. The molecule has 0 bridgehead atoms. The van der Waals surface area contributed by atoms with Gasteiger partial charge < -0.3 is 5.32 Å². The van der Waals surface area contributed by atoms with Gasteiger partial charge in [0.25, 0.3) is 5.91 Å². The molecule has 0 unspecified atom stereocenters. The smallest absolute Gasteiger partial charge is 0.264 e. The van der Waals surface area contributed by atoms with Crippen molar-refractivity contribution in [3.05, 3.63) is 70.9 Å². The minimum atomic E-state index is -0.299. The lowest BCUT2D eigenvalue weighted by molar-refractivity contribution is -0.115. The largest absolute Gasteiger partial charge is 0.300 e. The summed E-state index contributed by atoms with van der Waals surface area (Å²) in [5.74, 6) is -0.494. The molecule has 0 atom stereocenters. The predicted octanol–water partition coefficient (Wildman–Crippen LogP) is 3.72. The highest BCUT2D eigenvalue weighted by Crippen LogP contribution is 2.27. The quantitative estimate of drug-likeness (QED) is 0.859. The van der Waals surface area contributed by atoms with Crippen LogP contribution in [0.5, 0.6) is 0 Å². The van der Waals surface area contributed by atoms with Crippen LogP contribution in [0.3, 0.4) is 0 Å². The molecule has 21 heavy (non-hydrogen) atoms. The number of carbonyl (C=O) groups excluding carboxylic acids is 1. The molecule has 0 saturated carbocycles. The van der Waals surface area contributed by atoms with Crippen LogP contribution in [-0.2, 0) is 4.79 Å². The summed E-state index contributed by atoms with van der Waals surface area (Å²) in [5.41, 5.74) is 1.55. The number of hydrogen-bond donors (Lipinski definition) is 1. The van der Waals surface area contributed by atoms with Crippen molar-refractivity contribution in [3.8, 4) is 0 Å². The van der Waals surface area contributed by atoms with E-state index in [1.165, 1.54) is 23.9 Å². The summed E-state index contributed by atoms with van der Waals surface area (Å²) in [6, 6.07) is 15.4. The Hall–Kier alpha value is -2.40. The molecule has 1 saturated heterocycles. The van der Waals surface area contributed by atoms with E-state index < -0.39 is 0 Å². The third-order valence-electron chi connectivity index (χ3n) is 2.81. The Morgan fingerprint density at radius 2 is 1.76 bits per heavy atom. The summed E-state index contributed by atoms with van der Waals surface area (Å²) < 4.78 is 12.9. The third-order valence-corrected chi connectivity index (χ3v) is 3.72. The van der Waals surface area contributed by atoms with Gasteiger partial charge in [-0.25, -0.2) is 9.38 Å². The molecule has 1 fully saturated rings. The third kappa shape index (κ3) is 3.38. The molecule has 104 valence electrons. The fraction of sp³-hybridized carbons (Fsp3) is 0. The number of thioether (sulfide) groups is 1. The normalized spacial score (nSPS) is 18.2. The van der Waals surface area contributed by atoms with Gasteiger partial charge in [-0.1, -0.05) is 30.3 Å². The summed E-state index contributed by atoms with van der Waals surface area (Å²) in [6.07, 6.45) is 1.72. The van der Waals surface area contributed by atoms with Gasteiger partial charge in [0.15, 0.2) is 5.17 Å². The number of amides is 1. The molecule has 1 aliphatic rings. The van der Waals surface area contributed by atoms with E-state index >= 15 is 0 Å². The second-order valence-corrected chi connectivity index (χ2v) is 5.40. The van der Waals surface area contributed by atoms with Gasteiger partial charge in [-0.2, -0.15) is 0 Å². The highest BCUT2D eigenvalue weighted by molar-refractivity contribution is 8.18. The van der Waals surface area contributed by atoms with Crippen molar-refractivity contribution in [2.45, 2.75) is 0 Å². The van der Waals surface area contributed by atoms with Gasteiger partial charge in [0.1, 0.15) is 5.82 Å². The summed E-state index contributed by atoms with van der Waals surface area (Å²) >= 11 is 1.27. The average Bonchev–Trinajstić information content (AvgIpc) is 2.82. The van der Waals surface area contributed by atoms with Gasteiger partial charge in [-0.3, -0.25) is 4.79 Å². The topological polar surface area (TPSA) is 41.5 Å². The van der Waals surface area contributed by atoms with E-state index in [4.69, 9.17) is 0 Å². The Labute approximate surface area is 125 Å². The van der Waals surface area contributed by atoms with Crippen LogP contribution in [-0.4, -0.2) is 11.1 Å². The van der Waals surface area contributed by atoms with Gasteiger partial charge in [0.2, 0.25) is 0 Å². The van der Waals surface area contributed by atoms with Crippen LogP contribution in [0.2, 0.25) is 0 Å². The fourth-order valence-electron chi connectivity index (χ4n) is 1.81. The molecule has 1 heterocycles. The summed E-state index contributed by atoms with van der Waals surface area (Å²) in [5, 5.41) is 3.26. The molecule has 3 rings (SSSR count). The van der Waals surface area contributed by atoms with E-state index in [0.717, 1.165) is 11.3 Å². The second-order valence-electron chi connectivity index (χ2n) is 4.37. The van der Waals surface area contributed by atoms with E-state index in [1.54, 1.807) is 18.2 Å². The lowest BCUT2D eigenvalue weighted by Crippen LogP contribution is -2.19. The maximum absolute atomic E-state index is 12.9. The van der Waals surface area contributed by atoms with Gasteiger partial charge in [-0.15, -0.1) is 0 Å². The molecule has 0 aromatic heterocycles. The summed E-state index contributed by atoms with van der Waals surface area (Å²) in [4.78, 5) is 16.8. The molecule has 1 amide bonds. The van der Waals surface area contributed by atoms with Crippen LogP contribution in [0, 0.1) is 5.82 Å². The zero-order valence-electron chi connectivity index (χ0n) is 10.9. The van der Waals surface area contributed by atoms with Crippen LogP contribution < -0.4 is 5.32 Å². The maximum atomic E-state index is 12.9. The van der Waals surface area contributed by atoms with Crippen molar-refractivity contribution >= 4 is 34.6 Å². The molecular formula is C16H11FN2OS. The Balaban J connectivity index is 1.82. The van der Waals surface area contributed by atoms with Crippen LogP contribution in [0.1, 0.15) is 5.56 Å². The first-order valence-electron chi connectivity index (χ1n) is 6.31. The molecule has 0 radical (unpaired) electrons. The minimum absolute atomic E-state index is 0.195. The number of hydrogen-bond acceptors (Lipinski definition) is 3. The fourth-order valence-corrected chi connectivity index (χ4v) is 2.65. The highest BCUT2D eigenvalue weighted by atomic mass is 32.2. The molecule has 0 aliphatic carbocycles. The van der Waals surface area contributed by atoms with Gasteiger partial charge in [-0.05, 0) is 47.7 Å². The molecule has 2 aromatic carbocycles. The molecule has 1 N–H and O–H groups in total. The zero-order valence-corrected chi connectivity index (χ0v) is 11.7. The predicted molar refractivity (Wildman–Crippen MR) is 83.6 cm³/mol. The van der Waals surface area contributed by atoms with Gasteiger partial charge in [0.05, 0.1) is 10.6 Å². The zero-order chi connectivity index (χ0) is 14.7. The monoisotopic (exact) mass is 298 g/mol. The number of amidine groups is 1. The van der Waals surface area contributed by atoms with Crippen molar-refractivity contribution in [3.63, 3.8) is 0 Å². The molecule has 5 heteroatoms. The first-order valence-corrected chi connectivity index (χ1v) is 7.12. The molecule has 2 aromatic rings. The Bertz CT molecular complexity index is 724. The van der Waals surface area contributed by atoms with Crippen molar-refractivity contribution in [2.75, 3.05) is 0 Å². The molecule has 1 aliphatic heterocycles. The number of para-hydroxylation sites is 1. The van der Waals surface area contributed by atoms with Crippen molar-refractivity contribution in [1.82, 2.24) is 5.32 Å². The number of halogens is 1. The molecule has 3 nitrogen and oxygen atoms in total.